The van der Waals surface area contributed by atoms with Gasteiger partial charge < -0.3 is 15.2 Å². The molecule has 1 heterocycles. The number of hydrogen-bond acceptors (Lipinski definition) is 5. The van der Waals surface area contributed by atoms with Gasteiger partial charge in [-0.05, 0) is 40.1 Å². The Balaban J connectivity index is 1.80. The molecule has 0 aliphatic carbocycles. The predicted octanol–water partition coefficient (Wildman–Crippen LogP) is 2.47. The second-order valence-corrected chi connectivity index (χ2v) is 5.08. The minimum Gasteiger partial charge on any atom is -0.479 e. The summed E-state index contributed by atoms with van der Waals surface area (Å²) in [5.41, 5.74) is 1.99. The van der Waals surface area contributed by atoms with Crippen LogP contribution >= 0.6 is 11.3 Å². The van der Waals surface area contributed by atoms with Crippen LogP contribution in [0.15, 0.2) is 41.1 Å². The maximum absolute atomic E-state index is 9.94. The zero-order chi connectivity index (χ0) is 14.2. The molecule has 1 atom stereocenters. The minimum absolute atomic E-state index is 0.0494. The van der Waals surface area contributed by atoms with Gasteiger partial charge in [-0.25, -0.2) is 0 Å². The molecule has 0 fully saturated rings. The van der Waals surface area contributed by atoms with Gasteiger partial charge in [0.1, 0.15) is 11.8 Å². The predicted molar refractivity (Wildman–Crippen MR) is 78.5 cm³/mol. The van der Waals surface area contributed by atoms with Crippen molar-refractivity contribution in [3.8, 4) is 11.8 Å². The molecule has 2 N–H and O–H groups in total. The average Bonchev–Trinajstić information content (AvgIpc) is 3.00. The molecule has 104 valence electrons. The number of nitrogens with zero attached hydrogens (tertiary/aromatic N) is 1. The molecule has 1 aromatic carbocycles. The van der Waals surface area contributed by atoms with Gasteiger partial charge in [0, 0.05) is 13.1 Å². The van der Waals surface area contributed by atoms with Crippen molar-refractivity contribution < 1.29 is 9.84 Å². The fourth-order valence-electron chi connectivity index (χ4n) is 1.80. The third-order valence-corrected chi connectivity index (χ3v) is 3.50. The summed E-state index contributed by atoms with van der Waals surface area (Å²) in [6.45, 7) is 1.19. The van der Waals surface area contributed by atoms with Gasteiger partial charge in [0.25, 0.3) is 0 Å². The fraction of sp³-hybridized carbons (Fsp3) is 0.267. The lowest BCUT2D eigenvalue weighted by atomic mass is 10.2. The van der Waals surface area contributed by atoms with Gasteiger partial charge in [0.05, 0.1) is 6.10 Å². The van der Waals surface area contributed by atoms with Crippen LogP contribution in [0.3, 0.4) is 0 Å². The molecule has 1 aromatic heterocycles. The van der Waals surface area contributed by atoms with E-state index in [1.54, 1.807) is 11.3 Å². The number of nitrogens with one attached hydrogen (secondary N) is 1. The van der Waals surface area contributed by atoms with Crippen LogP contribution < -0.4 is 10.1 Å². The van der Waals surface area contributed by atoms with E-state index in [1.807, 2.05) is 47.2 Å². The summed E-state index contributed by atoms with van der Waals surface area (Å²) < 4.78 is 5.25. The molecule has 0 aliphatic heterocycles. The van der Waals surface area contributed by atoms with Crippen LogP contribution in [0.2, 0.25) is 0 Å². The van der Waals surface area contributed by atoms with Gasteiger partial charge in [-0.15, -0.1) is 0 Å². The van der Waals surface area contributed by atoms with E-state index in [0.29, 0.717) is 18.8 Å². The largest absolute Gasteiger partial charge is 0.479 e. The molecule has 0 bridgehead atoms. The topological polar surface area (TPSA) is 65.3 Å². The molecular formula is C15H16N2O2S. The van der Waals surface area contributed by atoms with E-state index in [0.717, 1.165) is 11.1 Å². The highest BCUT2D eigenvalue weighted by Crippen LogP contribution is 2.16. The number of aliphatic hydroxyl groups excluding tert-OH is 1. The summed E-state index contributed by atoms with van der Waals surface area (Å²) in [7, 11) is 0. The molecule has 0 saturated heterocycles. The number of rotatable bonds is 7. The summed E-state index contributed by atoms with van der Waals surface area (Å²) in [6, 6.07) is 11.4. The zero-order valence-corrected chi connectivity index (χ0v) is 11.8. The molecule has 0 amide bonds. The van der Waals surface area contributed by atoms with Crippen LogP contribution in [-0.4, -0.2) is 18.3 Å². The Hall–Kier alpha value is -1.87. The van der Waals surface area contributed by atoms with E-state index < -0.39 is 6.10 Å². The minimum atomic E-state index is -0.487. The molecule has 5 heteroatoms. The molecular weight excluding hydrogens is 272 g/mol. The molecule has 20 heavy (non-hydrogen) atoms. The van der Waals surface area contributed by atoms with Crippen molar-refractivity contribution in [1.29, 1.82) is 5.26 Å². The lowest BCUT2D eigenvalue weighted by Crippen LogP contribution is -2.20. The zero-order valence-electron chi connectivity index (χ0n) is 11.0. The first-order valence-corrected chi connectivity index (χ1v) is 7.23. The fourth-order valence-corrected chi connectivity index (χ4v) is 2.50. The second-order valence-electron chi connectivity index (χ2n) is 4.30. The van der Waals surface area contributed by atoms with Crippen LogP contribution in [-0.2, 0) is 6.54 Å². The van der Waals surface area contributed by atoms with E-state index in [1.165, 1.54) is 0 Å². The Bertz CT molecular complexity index is 564. The lowest BCUT2D eigenvalue weighted by Gasteiger charge is -2.11. The molecule has 0 aliphatic rings. The maximum atomic E-state index is 9.94. The van der Waals surface area contributed by atoms with Crippen molar-refractivity contribution in [1.82, 2.24) is 5.32 Å². The van der Waals surface area contributed by atoms with Crippen molar-refractivity contribution in [2.45, 2.75) is 12.6 Å². The Labute approximate surface area is 122 Å². The van der Waals surface area contributed by atoms with Crippen LogP contribution in [0.5, 0.6) is 5.75 Å². The van der Waals surface area contributed by atoms with Crippen molar-refractivity contribution in [2.24, 2.45) is 0 Å². The number of thiophene rings is 1. The monoisotopic (exact) mass is 288 g/mol. The molecule has 0 radical (unpaired) electrons. The molecule has 4 nitrogen and oxygen atoms in total. The molecule has 0 spiro atoms. The normalized spacial score (nSPS) is 11.8. The third kappa shape index (κ3) is 4.35. The van der Waals surface area contributed by atoms with Crippen molar-refractivity contribution in [3.63, 3.8) is 0 Å². The first-order valence-electron chi connectivity index (χ1n) is 6.29. The number of ether oxygens (including phenoxy) is 1. The number of aliphatic hydroxyl groups is 1. The summed E-state index contributed by atoms with van der Waals surface area (Å²) >= 11 is 1.58. The van der Waals surface area contributed by atoms with Crippen LogP contribution in [0.4, 0.5) is 0 Å². The summed E-state index contributed by atoms with van der Waals surface area (Å²) in [6.07, 6.45) is -0.487. The van der Waals surface area contributed by atoms with E-state index >= 15 is 0 Å². The summed E-state index contributed by atoms with van der Waals surface area (Å²) in [5.74, 6) is 0.684. The quantitative estimate of drug-likeness (QED) is 0.821. The van der Waals surface area contributed by atoms with Crippen LogP contribution in [0.1, 0.15) is 17.2 Å². The number of benzene rings is 1. The van der Waals surface area contributed by atoms with Gasteiger partial charge in [0.2, 0.25) is 0 Å². The van der Waals surface area contributed by atoms with Crippen molar-refractivity contribution in [2.75, 3.05) is 13.2 Å². The van der Waals surface area contributed by atoms with Gasteiger partial charge in [0.15, 0.2) is 6.61 Å². The van der Waals surface area contributed by atoms with E-state index in [-0.39, 0.29) is 6.61 Å². The number of hydrogen-bond donors (Lipinski definition) is 2. The highest BCUT2D eigenvalue weighted by atomic mass is 32.1. The standard InChI is InChI=1S/C15H16N2O2S/c16-5-6-19-14-3-1-2-12(8-14)9-17-10-15(18)13-4-7-20-11-13/h1-4,7-8,11,15,17-18H,6,9-10H2. The van der Waals surface area contributed by atoms with Gasteiger partial charge in [-0.2, -0.15) is 16.6 Å². The van der Waals surface area contributed by atoms with E-state index in [9.17, 15) is 5.11 Å². The van der Waals surface area contributed by atoms with Crippen molar-refractivity contribution >= 4 is 11.3 Å². The summed E-state index contributed by atoms with van der Waals surface area (Å²) in [5, 5.41) is 25.5. The SMILES string of the molecule is N#CCOc1cccc(CNCC(O)c2ccsc2)c1. The van der Waals surface area contributed by atoms with Gasteiger partial charge in [-0.3, -0.25) is 0 Å². The highest BCUT2D eigenvalue weighted by Gasteiger charge is 2.07. The van der Waals surface area contributed by atoms with Crippen molar-refractivity contribution in [3.05, 3.63) is 52.2 Å². The highest BCUT2D eigenvalue weighted by molar-refractivity contribution is 7.07. The first-order chi connectivity index (χ1) is 9.79. The Kier molecular flexibility index (Phi) is 5.56. The van der Waals surface area contributed by atoms with E-state index in [4.69, 9.17) is 10.00 Å². The first kappa shape index (κ1) is 14.5. The van der Waals surface area contributed by atoms with Crippen LogP contribution in [0, 0.1) is 11.3 Å². The average molecular weight is 288 g/mol. The maximum Gasteiger partial charge on any atom is 0.174 e. The molecule has 0 saturated carbocycles. The Morgan fingerprint density at radius 3 is 3.05 bits per heavy atom. The Morgan fingerprint density at radius 1 is 1.40 bits per heavy atom. The van der Waals surface area contributed by atoms with Gasteiger partial charge >= 0.3 is 0 Å². The van der Waals surface area contributed by atoms with Gasteiger partial charge in [-0.1, -0.05) is 12.1 Å². The lowest BCUT2D eigenvalue weighted by molar-refractivity contribution is 0.175. The molecule has 2 rings (SSSR count). The summed E-state index contributed by atoms with van der Waals surface area (Å²) in [4.78, 5) is 0. The Morgan fingerprint density at radius 2 is 2.30 bits per heavy atom. The molecule has 1 unspecified atom stereocenters. The number of nitriles is 1. The molecule has 2 aromatic rings. The third-order valence-electron chi connectivity index (χ3n) is 2.80. The van der Waals surface area contributed by atoms with Crippen LogP contribution in [0.25, 0.3) is 0 Å². The smallest absolute Gasteiger partial charge is 0.174 e. The van der Waals surface area contributed by atoms with E-state index in [2.05, 4.69) is 5.32 Å². The second kappa shape index (κ2) is 7.65.